The number of aromatic nitrogens is 8. The summed E-state index contributed by atoms with van der Waals surface area (Å²) in [7, 11) is 1.00. The molecule has 130 valence electrons. The van der Waals surface area contributed by atoms with Gasteiger partial charge in [0.25, 0.3) is 0 Å². The smallest absolute Gasteiger partial charge is 0.870 e. The van der Waals surface area contributed by atoms with Crippen LogP contribution in [0.1, 0.15) is 49.4 Å². The number of hydrogen-bond donors (Lipinski definition) is 4. The van der Waals surface area contributed by atoms with E-state index in [9.17, 15) is 0 Å². The zero-order chi connectivity index (χ0) is 15.6. The number of nitrogens with zero attached hydrogens (tertiary/aromatic N) is 7. The number of hydrogen-bond acceptors (Lipinski definition) is 10. The van der Waals surface area contributed by atoms with Crippen molar-refractivity contribution in [3.63, 3.8) is 0 Å². The van der Waals surface area contributed by atoms with Gasteiger partial charge in [0.2, 0.25) is 0 Å². The van der Waals surface area contributed by atoms with Crippen molar-refractivity contribution in [2.75, 3.05) is 20.2 Å². The van der Waals surface area contributed by atoms with E-state index in [-0.39, 0.29) is 108 Å². The molecule has 14 heteroatoms. The van der Waals surface area contributed by atoms with E-state index in [0.29, 0.717) is 12.1 Å². The first-order chi connectivity index (χ1) is 10.9. The largest absolute Gasteiger partial charge is 1.00 e. The van der Waals surface area contributed by atoms with Gasteiger partial charge in [-0.05, 0) is 38.8 Å². The Bertz CT molecular complexity index is 443. The van der Waals surface area contributed by atoms with Gasteiger partial charge in [-0.2, -0.15) is 5.21 Å². The third-order valence-corrected chi connectivity index (χ3v) is 3.44. The van der Waals surface area contributed by atoms with Crippen LogP contribution < -0.4 is 119 Å². The van der Waals surface area contributed by atoms with Crippen LogP contribution in [0.2, 0.25) is 0 Å². The van der Waals surface area contributed by atoms with E-state index in [1.54, 1.807) is 0 Å². The van der Waals surface area contributed by atoms with E-state index in [2.05, 4.69) is 51.9 Å². The van der Waals surface area contributed by atoms with Crippen LogP contribution in [0.4, 0.5) is 0 Å². The fourth-order valence-electron chi connectivity index (χ4n) is 2.42. The summed E-state index contributed by atoms with van der Waals surface area (Å²) in [6, 6.07) is 0.633. The quantitative estimate of drug-likeness (QED) is 0.349. The number of aliphatic hydroxyl groups is 1. The van der Waals surface area contributed by atoms with Gasteiger partial charge in [0.1, 0.15) is 0 Å². The Hall–Kier alpha value is 1.25. The van der Waals surface area contributed by atoms with Crippen LogP contribution in [0.5, 0.6) is 0 Å². The fourth-order valence-corrected chi connectivity index (χ4v) is 2.42. The molecule has 0 saturated carbocycles. The summed E-state index contributed by atoms with van der Waals surface area (Å²) < 4.78 is 0. The van der Waals surface area contributed by atoms with E-state index in [0.717, 1.165) is 44.7 Å². The Morgan fingerprint density at radius 3 is 1.96 bits per heavy atom. The molecule has 2 aromatic rings. The van der Waals surface area contributed by atoms with Crippen molar-refractivity contribution >= 4 is 0 Å². The van der Waals surface area contributed by atoms with Crippen LogP contribution >= 0.6 is 0 Å². The first-order valence-corrected chi connectivity index (χ1v) is 7.27. The molecule has 12 nitrogen and oxygen atoms in total. The number of tetrazole rings is 2. The second kappa shape index (κ2) is 17.4. The number of aliphatic hydroxyl groups excluding tert-OH is 1. The third-order valence-electron chi connectivity index (χ3n) is 3.44. The first kappa shape index (κ1) is 28.5. The normalized spacial score (nSPS) is 20.6. The molecule has 0 unspecified atom stereocenters. The maximum atomic E-state index is 7.00. The van der Waals surface area contributed by atoms with Gasteiger partial charge >= 0.3 is 103 Å². The Kier molecular flexibility index (Phi) is 19.8. The summed E-state index contributed by atoms with van der Waals surface area (Å²) in [4.78, 5) is 0. The van der Waals surface area contributed by atoms with Gasteiger partial charge in [-0.25, -0.2) is 5.10 Å². The third kappa shape index (κ3) is 9.84. The molecule has 2 saturated heterocycles. The van der Waals surface area contributed by atoms with Crippen molar-refractivity contribution < 1.29 is 113 Å². The van der Waals surface area contributed by atoms with Gasteiger partial charge in [-0.1, -0.05) is 5.21 Å². The molecule has 0 aromatic carbocycles. The molecule has 0 bridgehead atoms. The van der Waals surface area contributed by atoms with Crippen LogP contribution in [0.25, 0.3) is 0 Å². The molecule has 4 rings (SSSR count). The molecule has 5 N–H and O–H groups in total. The summed E-state index contributed by atoms with van der Waals surface area (Å²) in [5, 5.41) is 41.6. The van der Waals surface area contributed by atoms with Crippen LogP contribution in [-0.4, -0.2) is 66.8 Å². The van der Waals surface area contributed by atoms with Crippen molar-refractivity contribution in [2.45, 2.75) is 37.8 Å². The molecule has 2 aliphatic heterocycles. The summed E-state index contributed by atoms with van der Waals surface area (Å²) in [5.41, 5.74) is 0. The predicted molar refractivity (Wildman–Crippen MR) is 77.4 cm³/mol. The minimum atomic E-state index is 0. The average molecular weight is 405 g/mol. The standard InChI is InChI=1S/C5H9N5.C5H8N5.CH4O.2K.H2O/c2*1-2-4(6-3-1)5-7-9-10-8-5;1-2;;;/h4,6H,1-3H2,(H,7,8,9,10);4,6H,1-3H2;2H,1H3;;;1H2/q;-1;;2*+1;/p-1/t2*4-;;;;/m11..../s1. The monoisotopic (exact) mass is 404 g/mol. The van der Waals surface area contributed by atoms with Crippen molar-refractivity contribution in [1.82, 2.24) is 51.9 Å². The maximum absolute atomic E-state index is 7.00. The first-order valence-electron chi connectivity index (χ1n) is 7.27. The Morgan fingerprint density at radius 2 is 1.56 bits per heavy atom. The Morgan fingerprint density at radius 1 is 0.960 bits per heavy atom. The van der Waals surface area contributed by atoms with Crippen molar-refractivity contribution in [3.05, 3.63) is 11.6 Å². The minimum absolute atomic E-state index is 0. The molecule has 0 spiro atoms. The predicted octanol–water partition coefficient (Wildman–Crippen LogP) is -7.68. The van der Waals surface area contributed by atoms with Gasteiger partial charge in [-0.15, -0.1) is 10.2 Å². The SMILES string of the molecule is C1CN[C@@H](c2nn[n-]n2)C1.C1CN[C@@H](c2nn[nH]n2)C1.CO.[K+].[K+].[OH-]. The molecular formula is C11H22K2N10O2. The molecule has 25 heavy (non-hydrogen) atoms. The van der Waals surface area contributed by atoms with E-state index in [1.165, 1.54) is 12.8 Å². The summed E-state index contributed by atoms with van der Waals surface area (Å²) in [6.07, 6.45) is 4.63. The number of H-pyrrole nitrogens is 1. The Balaban J connectivity index is 0. The maximum Gasteiger partial charge on any atom is 1.00 e. The molecule has 2 atom stereocenters. The number of nitrogens with one attached hydrogen (secondary N) is 3. The number of aromatic amines is 1. The van der Waals surface area contributed by atoms with E-state index < -0.39 is 0 Å². The van der Waals surface area contributed by atoms with E-state index >= 15 is 0 Å². The average Bonchev–Trinajstić information content (AvgIpc) is 3.40. The van der Waals surface area contributed by atoms with Crippen molar-refractivity contribution in [3.8, 4) is 0 Å². The summed E-state index contributed by atoms with van der Waals surface area (Å²) in [5.74, 6) is 1.52. The van der Waals surface area contributed by atoms with Gasteiger partial charge in [-0.3, -0.25) is 10.4 Å². The van der Waals surface area contributed by atoms with Gasteiger partial charge < -0.3 is 26.3 Å². The van der Waals surface area contributed by atoms with Gasteiger partial charge in [0, 0.05) is 13.2 Å². The van der Waals surface area contributed by atoms with Crippen molar-refractivity contribution in [1.29, 1.82) is 0 Å². The topological polar surface area (TPSA) is 182 Å². The van der Waals surface area contributed by atoms with Crippen LogP contribution in [-0.2, 0) is 0 Å². The second-order valence-electron chi connectivity index (χ2n) is 4.80. The number of rotatable bonds is 2. The van der Waals surface area contributed by atoms with Crippen LogP contribution in [0.15, 0.2) is 0 Å². The minimum Gasteiger partial charge on any atom is -0.870 e. The van der Waals surface area contributed by atoms with Gasteiger partial charge in [0.05, 0.1) is 11.9 Å². The zero-order valence-electron chi connectivity index (χ0n) is 14.9. The molecular weight excluding hydrogens is 382 g/mol. The van der Waals surface area contributed by atoms with Crippen LogP contribution in [0, 0.1) is 0 Å². The molecule has 0 aliphatic carbocycles. The molecule has 0 radical (unpaired) electrons. The second-order valence-corrected chi connectivity index (χ2v) is 4.80. The Labute approximate surface area is 231 Å². The van der Waals surface area contributed by atoms with Gasteiger partial charge in [0.15, 0.2) is 5.82 Å². The van der Waals surface area contributed by atoms with Crippen molar-refractivity contribution in [2.24, 2.45) is 0 Å². The van der Waals surface area contributed by atoms with E-state index in [4.69, 9.17) is 5.11 Å². The molecule has 2 aliphatic rings. The summed E-state index contributed by atoms with van der Waals surface area (Å²) in [6.45, 7) is 2.12. The molecule has 4 heterocycles. The summed E-state index contributed by atoms with van der Waals surface area (Å²) >= 11 is 0. The van der Waals surface area contributed by atoms with E-state index in [1.807, 2.05) is 0 Å². The fraction of sp³-hybridized carbons (Fsp3) is 0.818. The molecule has 2 aromatic heterocycles. The van der Waals surface area contributed by atoms with Crippen LogP contribution in [0.3, 0.4) is 0 Å². The molecule has 0 amide bonds. The molecule has 2 fully saturated rings. The zero-order valence-corrected chi connectivity index (χ0v) is 21.2.